The van der Waals surface area contributed by atoms with Gasteiger partial charge in [-0.25, -0.2) is 4.39 Å². The van der Waals surface area contributed by atoms with Crippen LogP contribution in [0.1, 0.15) is 164 Å². The lowest BCUT2D eigenvalue weighted by Gasteiger charge is -2.29. The van der Waals surface area contributed by atoms with Crippen molar-refractivity contribution in [3.8, 4) is 22.6 Å². The maximum absolute atomic E-state index is 15.5. The Morgan fingerprint density at radius 2 is 1.43 bits per heavy atom. The van der Waals surface area contributed by atoms with Crippen molar-refractivity contribution in [3.05, 3.63) is 95.1 Å². The highest BCUT2D eigenvalue weighted by molar-refractivity contribution is 5.71. The van der Waals surface area contributed by atoms with Crippen molar-refractivity contribution < 1.29 is 33.7 Å². The molecule has 5 rings (SSSR count). The Kier molecular flexibility index (Phi) is 18.5. The molecular formula is C50H68FN3O6. The summed E-state index contributed by atoms with van der Waals surface area (Å²) >= 11 is 0. The third-order valence-corrected chi connectivity index (χ3v) is 12.0. The first-order valence-electron chi connectivity index (χ1n) is 22.5. The number of rotatable bonds is 30. The third-order valence-electron chi connectivity index (χ3n) is 12.0. The number of carboxylic acids is 2. The number of hydrogen-bond acceptors (Lipinski definition) is 6. The molecule has 0 spiro atoms. The fourth-order valence-corrected chi connectivity index (χ4v) is 8.46. The molecule has 1 aliphatic rings. The summed E-state index contributed by atoms with van der Waals surface area (Å²) in [6.07, 6.45) is 23.6. The van der Waals surface area contributed by atoms with Gasteiger partial charge in [-0.1, -0.05) is 133 Å². The third kappa shape index (κ3) is 15.4. The quantitative estimate of drug-likeness (QED) is 0.0498. The van der Waals surface area contributed by atoms with E-state index in [-0.39, 0.29) is 18.2 Å². The summed E-state index contributed by atoms with van der Waals surface area (Å²) in [4.78, 5) is 22.2. The van der Waals surface area contributed by atoms with Crippen LogP contribution in [0.25, 0.3) is 11.1 Å². The van der Waals surface area contributed by atoms with Crippen LogP contribution in [0.4, 0.5) is 4.39 Å². The number of methoxy groups -OCH3 is 1. The van der Waals surface area contributed by atoms with E-state index in [2.05, 4.69) is 30.2 Å². The average Bonchev–Trinajstić information content (AvgIpc) is 3.98. The van der Waals surface area contributed by atoms with Gasteiger partial charge in [-0.15, -0.1) is 5.10 Å². The van der Waals surface area contributed by atoms with Crippen LogP contribution in [0.15, 0.2) is 66.9 Å². The largest absolute Gasteiger partial charge is 0.497 e. The summed E-state index contributed by atoms with van der Waals surface area (Å²) < 4.78 is 29.2. The minimum atomic E-state index is -0.782. The topological polar surface area (TPSA) is 124 Å². The normalized spacial score (nSPS) is 13.3. The predicted molar refractivity (Wildman–Crippen MR) is 235 cm³/mol. The van der Waals surface area contributed by atoms with Gasteiger partial charge in [-0.05, 0) is 96.5 Å². The fraction of sp³-hybridized carbons (Fsp3) is 0.560. The van der Waals surface area contributed by atoms with Crippen LogP contribution in [-0.2, 0) is 34.6 Å². The SMILES string of the molecule is COc1ccc(F)c(-c2ccc(COc3cccc(C(CC(=O)O)C4CC4)c3)cc2C(C)(C)Cn2cc(CCCCCCCCCCCCCCCCCC(=O)O)nn2)c1. The van der Waals surface area contributed by atoms with Crippen molar-refractivity contribution >= 4 is 11.9 Å². The second-order valence-electron chi connectivity index (χ2n) is 17.6. The number of aliphatic carboxylic acids is 2. The molecule has 3 aromatic carbocycles. The van der Waals surface area contributed by atoms with E-state index in [1.807, 2.05) is 47.3 Å². The molecule has 9 nitrogen and oxygen atoms in total. The van der Waals surface area contributed by atoms with E-state index in [0.717, 1.165) is 72.9 Å². The molecule has 0 radical (unpaired) electrons. The smallest absolute Gasteiger partial charge is 0.303 e. The van der Waals surface area contributed by atoms with E-state index < -0.39 is 17.4 Å². The maximum atomic E-state index is 15.5. The number of aryl methyl sites for hydroxylation is 1. The molecule has 1 aromatic heterocycles. The van der Waals surface area contributed by atoms with E-state index in [1.165, 1.54) is 76.7 Å². The molecule has 1 heterocycles. The number of carbonyl (C=O) groups is 2. The zero-order valence-corrected chi connectivity index (χ0v) is 36.3. The molecule has 10 heteroatoms. The minimum absolute atomic E-state index is 0.0122. The summed E-state index contributed by atoms with van der Waals surface area (Å²) in [7, 11) is 1.58. The molecule has 326 valence electrons. The van der Waals surface area contributed by atoms with Gasteiger partial charge in [-0.3, -0.25) is 14.3 Å². The number of benzene rings is 3. The van der Waals surface area contributed by atoms with E-state index in [0.29, 0.717) is 42.6 Å². The molecule has 1 atom stereocenters. The number of nitrogens with zero attached hydrogens (tertiary/aromatic N) is 3. The summed E-state index contributed by atoms with van der Waals surface area (Å²) in [5.74, 6) is -0.117. The zero-order chi connectivity index (χ0) is 42.7. The Balaban J connectivity index is 1.11. The summed E-state index contributed by atoms with van der Waals surface area (Å²) in [5, 5.41) is 27.3. The van der Waals surface area contributed by atoms with Gasteiger partial charge in [0.2, 0.25) is 0 Å². The number of unbranched alkanes of at least 4 members (excludes halogenated alkanes) is 14. The predicted octanol–water partition coefficient (Wildman–Crippen LogP) is 12.5. The second kappa shape index (κ2) is 23.9. The number of carboxylic acid groups (broad SMARTS) is 2. The van der Waals surface area contributed by atoms with E-state index in [4.69, 9.17) is 14.6 Å². The van der Waals surface area contributed by atoms with Crippen molar-refractivity contribution in [1.82, 2.24) is 15.0 Å². The Labute approximate surface area is 357 Å². The van der Waals surface area contributed by atoms with E-state index in [9.17, 15) is 14.7 Å². The monoisotopic (exact) mass is 826 g/mol. The van der Waals surface area contributed by atoms with E-state index in [1.54, 1.807) is 19.2 Å². The van der Waals surface area contributed by atoms with Crippen LogP contribution in [0.2, 0.25) is 0 Å². The summed E-state index contributed by atoms with van der Waals surface area (Å²) in [6.45, 7) is 5.14. The molecule has 1 fully saturated rings. The molecule has 2 N–H and O–H groups in total. The standard InChI is InChI=1S/C50H68FN3O6/c1-50(2,36-54-34-40(52-53-54)21-17-15-13-11-9-7-5-4-6-8-10-12-14-16-18-23-48(55)56)46-30-37(24-28-43(46)45-32-41(59-3)27-29-47(45)51)35-60-42-22-19-20-39(31-42)44(33-49(57)58)38-25-26-38/h19-20,22,24,27-32,34,38,44H,4-18,21,23,25-26,33,35-36H2,1-3H3,(H,55,56)(H,57,58). The molecule has 1 unspecified atom stereocenters. The molecule has 0 saturated heterocycles. The molecule has 0 aliphatic heterocycles. The molecule has 0 bridgehead atoms. The molecule has 4 aromatic rings. The van der Waals surface area contributed by atoms with E-state index >= 15 is 4.39 Å². The summed E-state index contributed by atoms with van der Waals surface area (Å²) in [5.41, 5.74) is 4.66. The molecule has 1 aliphatic carbocycles. The van der Waals surface area contributed by atoms with Gasteiger partial charge in [0.05, 0.1) is 25.8 Å². The number of ether oxygens (including phenoxy) is 2. The van der Waals surface area contributed by atoms with Crippen LogP contribution in [0.3, 0.4) is 0 Å². The first-order valence-corrected chi connectivity index (χ1v) is 22.5. The van der Waals surface area contributed by atoms with Crippen molar-refractivity contribution in [2.24, 2.45) is 5.92 Å². The Morgan fingerprint density at radius 1 is 0.783 bits per heavy atom. The van der Waals surface area contributed by atoms with Crippen LogP contribution in [0.5, 0.6) is 11.5 Å². The van der Waals surface area contributed by atoms with Gasteiger partial charge in [0.1, 0.15) is 23.9 Å². The van der Waals surface area contributed by atoms with Gasteiger partial charge in [0.15, 0.2) is 0 Å². The molecule has 60 heavy (non-hydrogen) atoms. The van der Waals surface area contributed by atoms with Gasteiger partial charge in [0, 0.05) is 23.6 Å². The Morgan fingerprint density at radius 3 is 2.05 bits per heavy atom. The van der Waals surface area contributed by atoms with Crippen LogP contribution >= 0.6 is 0 Å². The van der Waals surface area contributed by atoms with Gasteiger partial charge in [-0.2, -0.15) is 0 Å². The molecule has 0 amide bonds. The first-order chi connectivity index (χ1) is 29.0. The van der Waals surface area contributed by atoms with Crippen LogP contribution < -0.4 is 9.47 Å². The number of halogens is 1. The van der Waals surface area contributed by atoms with Crippen LogP contribution in [0, 0.1) is 11.7 Å². The van der Waals surface area contributed by atoms with Gasteiger partial charge in [0.25, 0.3) is 0 Å². The Hall–Kier alpha value is -4.73. The molecular weight excluding hydrogens is 758 g/mol. The highest BCUT2D eigenvalue weighted by atomic mass is 19.1. The second-order valence-corrected chi connectivity index (χ2v) is 17.6. The van der Waals surface area contributed by atoms with Gasteiger partial charge < -0.3 is 19.7 Å². The number of aromatic nitrogens is 3. The first kappa shape index (κ1) is 46.3. The van der Waals surface area contributed by atoms with Crippen molar-refractivity contribution in [2.75, 3.05) is 7.11 Å². The lowest BCUT2D eigenvalue weighted by Crippen LogP contribution is -2.26. The average molecular weight is 826 g/mol. The van der Waals surface area contributed by atoms with Gasteiger partial charge >= 0.3 is 11.9 Å². The highest BCUT2D eigenvalue weighted by Gasteiger charge is 2.34. The van der Waals surface area contributed by atoms with Crippen molar-refractivity contribution in [3.63, 3.8) is 0 Å². The lowest BCUT2D eigenvalue weighted by molar-refractivity contribution is -0.138. The van der Waals surface area contributed by atoms with Crippen LogP contribution in [-0.4, -0.2) is 44.3 Å². The minimum Gasteiger partial charge on any atom is -0.497 e. The fourth-order valence-electron chi connectivity index (χ4n) is 8.46. The highest BCUT2D eigenvalue weighted by Crippen LogP contribution is 2.45. The Bertz CT molecular complexity index is 1940. The van der Waals surface area contributed by atoms with Crippen molar-refractivity contribution in [2.45, 2.75) is 167 Å². The zero-order valence-electron chi connectivity index (χ0n) is 36.3. The summed E-state index contributed by atoms with van der Waals surface area (Å²) in [6, 6.07) is 18.7. The molecule has 1 saturated carbocycles. The lowest BCUT2D eigenvalue weighted by atomic mass is 9.79. The van der Waals surface area contributed by atoms with Crippen molar-refractivity contribution in [1.29, 1.82) is 0 Å². The number of hydrogen-bond donors (Lipinski definition) is 2. The maximum Gasteiger partial charge on any atom is 0.303 e.